The minimum Gasteiger partial charge on any atom is -0.410 e. The number of nitrogens with two attached hydrogens (primary N) is 1. The third kappa shape index (κ3) is 2.94. The van der Waals surface area contributed by atoms with Gasteiger partial charge in [-0.2, -0.15) is 0 Å². The fourth-order valence-electron chi connectivity index (χ4n) is 1.74. The third-order valence-corrected chi connectivity index (χ3v) is 2.57. The molecule has 0 aliphatic rings. The van der Waals surface area contributed by atoms with Crippen molar-refractivity contribution in [3.05, 3.63) is 30.0 Å². The molecule has 0 radical (unpaired) electrons. The van der Waals surface area contributed by atoms with Gasteiger partial charge in [-0.25, -0.2) is 4.79 Å². The van der Waals surface area contributed by atoms with E-state index in [4.69, 9.17) is 10.5 Å². The topological polar surface area (TPSA) is 80.1 Å². The Bertz CT molecular complexity index is 539. The van der Waals surface area contributed by atoms with Gasteiger partial charge in [0, 0.05) is 24.1 Å². The molecule has 6 heteroatoms. The maximum Gasteiger partial charge on any atom is 0.412 e. The molecule has 0 aliphatic carbocycles. The average molecular weight is 270 g/mol. The van der Waals surface area contributed by atoms with E-state index < -0.39 is 6.09 Å². The predicted molar refractivity (Wildman–Crippen MR) is 73.4 cm³/mol. The Labute approximate surface area is 111 Å². The summed E-state index contributed by atoms with van der Waals surface area (Å²) in [7, 11) is 1.52. The molecule has 18 heavy (non-hydrogen) atoms. The molecule has 0 spiro atoms. The fourth-order valence-corrected chi connectivity index (χ4v) is 1.74. The van der Waals surface area contributed by atoms with Crippen LogP contribution in [0.3, 0.4) is 0 Å². The maximum atomic E-state index is 11.1. The van der Waals surface area contributed by atoms with Crippen molar-refractivity contribution in [3.8, 4) is 5.75 Å². The predicted octanol–water partition coefficient (Wildman–Crippen LogP) is 1.81. The van der Waals surface area contributed by atoms with Gasteiger partial charge in [0.05, 0.1) is 0 Å². The summed E-state index contributed by atoms with van der Waals surface area (Å²) in [6.07, 6.45) is 2.25. The van der Waals surface area contributed by atoms with E-state index in [-0.39, 0.29) is 12.4 Å². The number of fused-ring (bicyclic) bond motifs is 1. The first-order valence-corrected chi connectivity index (χ1v) is 5.44. The second-order valence-corrected chi connectivity index (χ2v) is 3.70. The van der Waals surface area contributed by atoms with Gasteiger partial charge in [0.15, 0.2) is 0 Å². The van der Waals surface area contributed by atoms with Gasteiger partial charge in [-0.1, -0.05) is 0 Å². The highest BCUT2D eigenvalue weighted by Crippen LogP contribution is 2.24. The third-order valence-electron chi connectivity index (χ3n) is 2.57. The molecule has 0 unspecified atom stereocenters. The molecular weight excluding hydrogens is 254 g/mol. The SMILES string of the molecule is CNC(=O)Oc1ccc2[nH]cc(CCN)c2c1.Cl. The molecule has 5 nitrogen and oxygen atoms in total. The molecule has 2 aromatic rings. The van der Waals surface area contributed by atoms with Gasteiger partial charge in [-0.3, -0.25) is 0 Å². The van der Waals surface area contributed by atoms with Crippen molar-refractivity contribution in [1.29, 1.82) is 0 Å². The number of hydrogen-bond donors (Lipinski definition) is 3. The second kappa shape index (κ2) is 6.28. The molecule has 1 heterocycles. The highest BCUT2D eigenvalue weighted by Gasteiger charge is 2.06. The Morgan fingerprint density at radius 3 is 2.94 bits per heavy atom. The van der Waals surface area contributed by atoms with Gasteiger partial charge in [0.1, 0.15) is 5.75 Å². The first kappa shape index (κ1) is 14.3. The summed E-state index contributed by atoms with van der Waals surface area (Å²) in [5.41, 5.74) is 7.68. The van der Waals surface area contributed by atoms with Crippen LogP contribution in [-0.4, -0.2) is 24.7 Å². The van der Waals surface area contributed by atoms with Crippen LogP contribution in [0.1, 0.15) is 5.56 Å². The standard InChI is InChI=1S/C12H15N3O2.ClH/c1-14-12(16)17-9-2-3-11-10(6-9)8(4-5-13)7-15-11;/h2-3,6-7,15H,4-5,13H2,1H3,(H,14,16);1H. The van der Waals surface area contributed by atoms with Crippen LogP contribution in [0.4, 0.5) is 4.79 Å². The quantitative estimate of drug-likeness (QED) is 0.795. The molecule has 2 rings (SSSR count). The fraction of sp³-hybridized carbons (Fsp3) is 0.250. The van der Waals surface area contributed by atoms with Crippen LogP contribution in [-0.2, 0) is 6.42 Å². The second-order valence-electron chi connectivity index (χ2n) is 3.70. The van der Waals surface area contributed by atoms with Crippen molar-refractivity contribution >= 4 is 29.4 Å². The molecule has 4 N–H and O–H groups in total. The largest absolute Gasteiger partial charge is 0.412 e. The molecule has 0 saturated carbocycles. The number of aromatic amines is 1. The smallest absolute Gasteiger partial charge is 0.410 e. The summed E-state index contributed by atoms with van der Waals surface area (Å²) in [5, 5.41) is 3.44. The highest BCUT2D eigenvalue weighted by molar-refractivity contribution is 5.86. The number of halogens is 1. The molecule has 1 amide bonds. The number of benzene rings is 1. The number of ether oxygens (including phenoxy) is 1. The molecule has 0 aliphatic heterocycles. The van der Waals surface area contributed by atoms with Gasteiger partial charge in [0.25, 0.3) is 0 Å². The Morgan fingerprint density at radius 2 is 2.28 bits per heavy atom. The highest BCUT2D eigenvalue weighted by atomic mass is 35.5. The normalized spacial score (nSPS) is 9.89. The van der Waals surface area contributed by atoms with E-state index in [1.54, 1.807) is 6.07 Å². The first-order chi connectivity index (χ1) is 8.24. The summed E-state index contributed by atoms with van der Waals surface area (Å²) in [6, 6.07) is 5.47. The Kier molecular flexibility index (Phi) is 5.00. The van der Waals surface area contributed by atoms with E-state index >= 15 is 0 Å². The molecule has 1 aromatic carbocycles. The lowest BCUT2D eigenvalue weighted by Crippen LogP contribution is -2.21. The van der Waals surface area contributed by atoms with Crippen molar-refractivity contribution in [2.45, 2.75) is 6.42 Å². The number of amides is 1. The molecule has 0 saturated heterocycles. The molecule has 98 valence electrons. The van der Waals surface area contributed by atoms with E-state index in [9.17, 15) is 4.79 Å². The zero-order chi connectivity index (χ0) is 12.3. The van der Waals surface area contributed by atoms with Crippen molar-refractivity contribution < 1.29 is 9.53 Å². The zero-order valence-corrected chi connectivity index (χ0v) is 10.8. The van der Waals surface area contributed by atoms with Crippen LogP contribution < -0.4 is 15.8 Å². The summed E-state index contributed by atoms with van der Waals surface area (Å²) >= 11 is 0. The molecule has 1 aromatic heterocycles. The van der Waals surface area contributed by atoms with E-state index in [2.05, 4.69) is 10.3 Å². The lowest BCUT2D eigenvalue weighted by molar-refractivity contribution is 0.203. The van der Waals surface area contributed by atoms with Crippen LogP contribution in [0, 0.1) is 0 Å². The minimum absolute atomic E-state index is 0. The monoisotopic (exact) mass is 269 g/mol. The lowest BCUT2D eigenvalue weighted by Gasteiger charge is -2.03. The Morgan fingerprint density at radius 1 is 1.50 bits per heavy atom. The van der Waals surface area contributed by atoms with Gasteiger partial charge < -0.3 is 20.8 Å². The van der Waals surface area contributed by atoms with Crippen LogP contribution in [0.15, 0.2) is 24.4 Å². The first-order valence-electron chi connectivity index (χ1n) is 5.44. The molecular formula is C12H16ClN3O2. The number of nitrogens with one attached hydrogen (secondary N) is 2. The van der Waals surface area contributed by atoms with E-state index in [1.165, 1.54) is 7.05 Å². The van der Waals surface area contributed by atoms with E-state index in [0.717, 1.165) is 22.9 Å². The summed E-state index contributed by atoms with van der Waals surface area (Å²) < 4.78 is 5.08. The molecule has 0 bridgehead atoms. The van der Waals surface area contributed by atoms with Gasteiger partial charge in [-0.05, 0) is 36.7 Å². The minimum atomic E-state index is -0.472. The van der Waals surface area contributed by atoms with Crippen molar-refractivity contribution in [2.24, 2.45) is 5.73 Å². The Balaban J connectivity index is 0.00000162. The summed E-state index contributed by atoms with van der Waals surface area (Å²) in [5.74, 6) is 0.523. The van der Waals surface area contributed by atoms with Crippen LogP contribution in [0.5, 0.6) is 5.75 Å². The zero-order valence-electron chi connectivity index (χ0n) is 10.0. The number of carbonyl (C=O) groups excluding carboxylic acids is 1. The summed E-state index contributed by atoms with van der Waals surface area (Å²) in [6.45, 7) is 0.591. The van der Waals surface area contributed by atoms with Crippen LogP contribution in [0.2, 0.25) is 0 Å². The van der Waals surface area contributed by atoms with Gasteiger partial charge in [-0.15, -0.1) is 12.4 Å². The number of carbonyl (C=O) groups is 1. The number of aromatic nitrogens is 1. The lowest BCUT2D eigenvalue weighted by atomic mass is 10.1. The van der Waals surface area contributed by atoms with Crippen molar-refractivity contribution in [1.82, 2.24) is 10.3 Å². The van der Waals surface area contributed by atoms with Gasteiger partial charge >= 0.3 is 6.09 Å². The van der Waals surface area contributed by atoms with E-state index in [1.807, 2.05) is 18.3 Å². The number of H-pyrrole nitrogens is 1. The Hall–Kier alpha value is -1.72. The number of hydrogen-bond acceptors (Lipinski definition) is 3. The number of rotatable bonds is 3. The van der Waals surface area contributed by atoms with Crippen molar-refractivity contribution in [3.63, 3.8) is 0 Å². The van der Waals surface area contributed by atoms with Gasteiger partial charge in [0.2, 0.25) is 0 Å². The molecule has 0 fully saturated rings. The van der Waals surface area contributed by atoms with Crippen LogP contribution in [0.25, 0.3) is 10.9 Å². The van der Waals surface area contributed by atoms with Crippen molar-refractivity contribution in [2.75, 3.05) is 13.6 Å². The average Bonchev–Trinajstić information content (AvgIpc) is 2.73. The molecule has 0 atom stereocenters. The van der Waals surface area contributed by atoms with Crippen LogP contribution >= 0.6 is 12.4 Å². The maximum absolute atomic E-state index is 11.1. The van der Waals surface area contributed by atoms with E-state index in [0.29, 0.717) is 12.3 Å². The summed E-state index contributed by atoms with van der Waals surface area (Å²) in [4.78, 5) is 14.3.